The number of thiophene rings is 1. The van der Waals surface area contributed by atoms with Gasteiger partial charge in [0.15, 0.2) is 0 Å². The van der Waals surface area contributed by atoms with E-state index in [1.807, 2.05) is 11.3 Å². The van der Waals surface area contributed by atoms with Crippen LogP contribution in [0.4, 0.5) is 0 Å². The Bertz CT molecular complexity index is 302. The topological polar surface area (TPSA) is 15.3 Å². The van der Waals surface area contributed by atoms with Crippen LogP contribution < -0.4 is 5.32 Å². The number of nitrogens with one attached hydrogen (secondary N) is 1. The van der Waals surface area contributed by atoms with Crippen molar-refractivity contribution in [3.8, 4) is 0 Å². The predicted molar refractivity (Wildman–Crippen MR) is 66.6 cm³/mol. The van der Waals surface area contributed by atoms with Crippen LogP contribution in [0, 0.1) is 0 Å². The Labute approximate surface area is 96.3 Å². The minimum absolute atomic E-state index is 0.595. The van der Waals surface area contributed by atoms with Crippen molar-refractivity contribution in [1.29, 1.82) is 0 Å². The molecule has 3 heteroatoms. The van der Waals surface area contributed by atoms with Gasteiger partial charge in [0.2, 0.25) is 0 Å². The van der Waals surface area contributed by atoms with E-state index < -0.39 is 0 Å². The van der Waals surface area contributed by atoms with Crippen LogP contribution in [0.5, 0.6) is 0 Å². The lowest BCUT2D eigenvalue weighted by Gasteiger charge is -2.32. The smallest absolute Gasteiger partial charge is 0.0414 e. The van der Waals surface area contributed by atoms with Crippen molar-refractivity contribution in [2.75, 3.05) is 26.2 Å². The van der Waals surface area contributed by atoms with Crippen LogP contribution >= 0.6 is 11.3 Å². The largest absolute Gasteiger partial charge is 0.314 e. The molecule has 0 bridgehead atoms. The van der Waals surface area contributed by atoms with Crippen molar-refractivity contribution in [1.82, 2.24) is 10.2 Å². The van der Waals surface area contributed by atoms with E-state index in [4.69, 9.17) is 0 Å². The maximum Gasteiger partial charge on any atom is 0.0414 e. The van der Waals surface area contributed by atoms with Gasteiger partial charge in [-0.25, -0.2) is 0 Å². The van der Waals surface area contributed by atoms with E-state index >= 15 is 0 Å². The van der Waals surface area contributed by atoms with E-state index in [1.165, 1.54) is 29.3 Å². The van der Waals surface area contributed by atoms with Gasteiger partial charge in [-0.1, -0.05) is 6.92 Å². The summed E-state index contributed by atoms with van der Waals surface area (Å²) in [4.78, 5) is 5.60. The molecule has 1 aromatic heterocycles. The zero-order chi connectivity index (χ0) is 10.7. The highest BCUT2D eigenvalue weighted by molar-refractivity contribution is 7.12. The van der Waals surface area contributed by atoms with Gasteiger partial charge in [-0.15, -0.1) is 11.3 Å². The first-order chi connectivity index (χ1) is 7.31. The van der Waals surface area contributed by atoms with Crippen LogP contribution in [0.3, 0.4) is 0 Å². The molecule has 1 N–H and O–H groups in total. The van der Waals surface area contributed by atoms with Crippen molar-refractivity contribution in [2.45, 2.75) is 26.3 Å². The SMILES string of the molecule is CCc1ccc([C@@H](C)N2CCNCC2)s1. The molecule has 1 aliphatic heterocycles. The summed E-state index contributed by atoms with van der Waals surface area (Å²) in [6, 6.07) is 5.17. The number of rotatable bonds is 3. The molecular weight excluding hydrogens is 204 g/mol. The van der Waals surface area contributed by atoms with Crippen LogP contribution in [-0.2, 0) is 6.42 Å². The summed E-state index contributed by atoms with van der Waals surface area (Å²) in [5.41, 5.74) is 0. The van der Waals surface area contributed by atoms with E-state index in [-0.39, 0.29) is 0 Å². The maximum atomic E-state index is 3.40. The molecule has 0 unspecified atom stereocenters. The first kappa shape index (κ1) is 11.1. The molecule has 1 fully saturated rings. The first-order valence-corrected chi connectivity index (χ1v) is 6.66. The normalized spacial score (nSPS) is 20.4. The van der Waals surface area contributed by atoms with Crippen LogP contribution in [-0.4, -0.2) is 31.1 Å². The molecule has 2 nitrogen and oxygen atoms in total. The molecule has 0 saturated carbocycles. The van der Waals surface area contributed by atoms with E-state index in [0.29, 0.717) is 6.04 Å². The lowest BCUT2D eigenvalue weighted by Crippen LogP contribution is -2.44. The fraction of sp³-hybridized carbons (Fsp3) is 0.667. The highest BCUT2D eigenvalue weighted by atomic mass is 32.1. The molecule has 0 spiro atoms. The second kappa shape index (κ2) is 5.10. The summed E-state index contributed by atoms with van der Waals surface area (Å²) >= 11 is 1.97. The highest BCUT2D eigenvalue weighted by Gasteiger charge is 2.18. The number of piperazine rings is 1. The minimum Gasteiger partial charge on any atom is -0.314 e. The number of hydrogen-bond acceptors (Lipinski definition) is 3. The molecule has 84 valence electrons. The number of hydrogen-bond donors (Lipinski definition) is 1. The summed E-state index contributed by atoms with van der Waals surface area (Å²) in [7, 11) is 0. The second-order valence-corrected chi connectivity index (χ2v) is 5.32. The maximum absolute atomic E-state index is 3.40. The molecule has 0 aliphatic carbocycles. The zero-order valence-electron chi connectivity index (χ0n) is 9.62. The lowest BCUT2D eigenvalue weighted by atomic mass is 10.2. The van der Waals surface area contributed by atoms with Crippen LogP contribution in [0.2, 0.25) is 0 Å². The second-order valence-electron chi connectivity index (χ2n) is 4.12. The third kappa shape index (κ3) is 2.60. The number of nitrogens with zero attached hydrogens (tertiary/aromatic N) is 1. The molecule has 0 radical (unpaired) electrons. The summed E-state index contributed by atoms with van der Waals surface area (Å²) in [5, 5.41) is 3.40. The monoisotopic (exact) mass is 224 g/mol. The fourth-order valence-electron chi connectivity index (χ4n) is 2.06. The Morgan fingerprint density at radius 2 is 2.13 bits per heavy atom. The standard InChI is InChI=1S/C12H20N2S/c1-3-11-4-5-12(15-11)10(2)14-8-6-13-7-9-14/h4-5,10,13H,3,6-9H2,1-2H3/t10-/m1/s1. The minimum atomic E-state index is 0.595. The molecule has 1 saturated heterocycles. The van der Waals surface area contributed by atoms with Gasteiger partial charge in [-0.3, -0.25) is 4.90 Å². The van der Waals surface area contributed by atoms with Crippen molar-refractivity contribution in [2.24, 2.45) is 0 Å². The molecule has 15 heavy (non-hydrogen) atoms. The van der Waals surface area contributed by atoms with E-state index in [0.717, 1.165) is 13.1 Å². The Hall–Kier alpha value is -0.380. The Balaban J connectivity index is 2.02. The van der Waals surface area contributed by atoms with Crippen LogP contribution in [0.15, 0.2) is 12.1 Å². The molecule has 1 aromatic rings. The van der Waals surface area contributed by atoms with Gasteiger partial charge < -0.3 is 5.32 Å². The average Bonchev–Trinajstić information content (AvgIpc) is 2.78. The molecule has 0 amide bonds. The summed E-state index contributed by atoms with van der Waals surface area (Å²) in [6.45, 7) is 9.19. The summed E-state index contributed by atoms with van der Waals surface area (Å²) < 4.78 is 0. The molecular formula is C12H20N2S. The van der Waals surface area contributed by atoms with E-state index in [1.54, 1.807) is 0 Å². The van der Waals surface area contributed by atoms with Gasteiger partial charge in [-0.05, 0) is 25.5 Å². The van der Waals surface area contributed by atoms with E-state index in [9.17, 15) is 0 Å². The van der Waals surface area contributed by atoms with Gasteiger partial charge in [0, 0.05) is 42.0 Å². The van der Waals surface area contributed by atoms with Crippen LogP contribution in [0.1, 0.15) is 29.6 Å². The highest BCUT2D eigenvalue weighted by Crippen LogP contribution is 2.27. The molecule has 1 aliphatic rings. The molecule has 0 aromatic carbocycles. The van der Waals surface area contributed by atoms with Gasteiger partial charge >= 0.3 is 0 Å². The van der Waals surface area contributed by atoms with Crippen molar-refractivity contribution in [3.05, 3.63) is 21.9 Å². The van der Waals surface area contributed by atoms with Crippen molar-refractivity contribution >= 4 is 11.3 Å². The number of aryl methyl sites for hydroxylation is 1. The predicted octanol–water partition coefficient (Wildman–Crippen LogP) is 2.28. The first-order valence-electron chi connectivity index (χ1n) is 5.84. The van der Waals surface area contributed by atoms with E-state index in [2.05, 4.69) is 36.2 Å². The fourth-order valence-corrected chi connectivity index (χ4v) is 3.10. The lowest BCUT2D eigenvalue weighted by molar-refractivity contribution is 0.188. The molecule has 2 rings (SSSR count). The van der Waals surface area contributed by atoms with Gasteiger partial charge in [0.25, 0.3) is 0 Å². The van der Waals surface area contributed by atoms with Crippen molar-refractivity contribution < 1.29 is 0 Å². The third-order valence-electron chi connectivity index (χ3n) is 3.14. The Morgan fingerprint density at radius 3 is 2.73 bits per heavy atom. The van der Waals surface area contributed by atoms with Crippen LogP contribution in [0.25, 0.3) is 0 Å². The summed E-state index contributed by atoms with van der Waals surface area (Å²) in [6.07, 6.45) is 1.17. The Morgan fingerprint density at radius 1 is 1.40 bits per heavy atom. The summed E-state index contributed by atoms with van der Waals surface area (Å²) in [5.74, 6) is 0. The third-order valence-corrected chi connectivity index (χ3v) is 4.54. The zero-order valence-corrected chi connectivity index (χ0v) is 10.4. The van der Waals surface area contributed by atoms with Gasteiger partial charge in [0.1, 0.15) is 0 Å². The quantitative estimate of drug-likeness (QED) is 0.847. The molecule has 1 atom stereocenters. The van der Waals surface area contributed by atoms with Gasteiger partial charge in [0.05, 0.1) is 0 Å². The Kier molecular flexibility index (Phi) is 3.78. The molecule has 2 heterocycles. The van der Waals surface area contributed by atoms with Crippen molar-refractivity contribution in [3.63, 3.8) is 0 Å². The average molecular weight is 224 g/mol. The van der Waals surface area contributed by atoms with Gasteiger partial charge in [-0.2, -0.15) is 0 Å².